The number of rotatable bonds is 2. The Hall–Kier alpha value is -1.93. The Morgan fingerprint density at radius 2 is 2.00 bits per heavy atom. The van der Waals surface area contributed by atoms with Gasteiger partial charge in [0.2, 0.25) is 0 Å². The van der Waals surface area contributed by atoms with E-state index in [-0.39, 0.29) is 0 Å². The second-order valence-electron chi connectivity index (χ2n) is 4.32. The number of allylic oxidation sites excluding steroid dienone is 1. The first kappa shape index (κ1) is 10.2. The van der Waals surface area contributed by atoms with Crippen LogP contribution in [0.4, 0.5) is 0 Å². The van der Waals surface area contributed by atoms with Gasteiger partial charge < -0.3 is 10.7 Å². The van der Waals surface area contributed by atoms with Gasteiger partial charge >= 0.3 is 0 Å². The summed E-state index contributed by atoms with van der Waals surface area (Å²) in [5, 5.41) is 13.6. The molecule has 3 rings (SSSR count). The average Bonchev–Trinajstić information content (AvgIpc) is 2.36. The zero-order valence-electron chi connectivity index (χ0n) is 9.75. The molecule has 0 unspecified atom stereocenters. The number of benzene rings is 2. The number of hydrogen-bond donors (Lipinski definition) is 2. The minimum absolute atomic E-state index is 0.602. The van der Waals surface area contributed by atoms with Crippen molar-refractivity contribution in [2.75, 3.05) is 7.05 Å². The van der Waals surface area contributed by atoms with E-state index in [0.29, 0.717) is 5.71 Å². The molecular formula is C15H14N2. The van der Waals surface area contributed by atoms with Gasteiger partial charge in [0.25, 0.3) is 0 Å². The molecule has 1 aliphatic rings. The molecule has 0 aliphatic heterocycles. The predicted octanol–water partition coefficient (Wildman–Crippen LogP) is 2.95. The fourth-order valence-electron chi connectivity index (χ4n) is 2.47. The van der Waals surface area contributed by atoms with E-state index < -0.39 is 0 Å². The second kappa shape index (κ2) is 3.82. The molecule has 0 amide bonds. The van der Waals surface area contributed by atoms with E-state index in [9.17, 15) is 0 Å². The van der Waals surface area contributed by atoms with Gasteiger partial charge in [-0.05, 0) is 35.0 Å². The van der Waals surface area contributed by atoms with E-state index in [1.54, 1.807) is 0 Å². The fraction of sp³-hybridized carbons (Fsp3) is 0.133. The SMILES string of the molecule is CNCc1ccc2c3c(cccc13)C(=N)C=C2. The molecular weight excluding hydrogens is 208 g/mol. The molecule has 0 saturated carbocycles. The van der Waals surface area contributed by atoms with Crippen LogP contribution in [0, 0.1) is 5.41 Å². The summed E-state index contributed by atoms with van der Waals surface area (Å²) in [6, 6.07) is 10.5. The summed E-state index contributed by atoms with van der Waals surface area (Å²) in [6.45, 7) is 0.858. The summed E-state index contributed by atoms with van der Waals surface area (Å²) in [7, 11) is 1.96. The Kier molecular flexibility index (Phi) is 2.30. The van der Waals surface area contributed by atoms with E-state index in [1.165, 1.54) is 21.9 Å². The lowest BCUT2D eigenvalue weighted by atomic mass is 9.90. The summed E-state index contributed by atoms with van der Waals surface area (Å²) in [5.41, 5.74) is 4.14. The lowest BCUT2D eigenvalue weighted by Gasteiger charge is -2.16. The standard InChI is InChI=1S/C15H14N2/c1-17-9-11-6-5-10-7-8-14(16)13-4-2-3-12(11)15(10)13/h2-8,16-17H,9H2,1H3. The molecule has 84 valence electrons. The minimum Gasteiger partial charge on any atom is -0.316 e. The zero-order valence-corrected chi connectivity index (χ0v) is 9.75. The van der Waals surface area contributed by atoms with Crippen LogP contribution in [0.5, 0.6) is 0 Å². The van der Waals surface area contributed by atoms with Crippen molar-refractivity contribution in [1.29, 1.82) is 5.41 Å². The monoisotopic (exact) mass is 222 g/mol. The summed E-state index contributed by atoms with van der Waals surface area (Å²) < 4.78 is 0. The third-order valence-corrected chi connectivity index (χ3v) is 3.25. The van der Waals surface area contributed by atoms with E-state index in [4.69, 9.17) is 5.41 Å². The number of nitrogens with one attached hydrogen (secondary N) is 2. The maximum atomic E-state index is 7.98. The van der Waals surface area contributed by atoms with Crippen LogP contribution in [-0.2, 0) is 6.54 Å². The second-order valence-corrected chi connectivity index (χ2v) is 4.32. The van der Waals surface area contributed by atoms with Gasteiger partial charge in [0.05, 0.1) is 5.71 Å². The molecule has 0 atom stereocenters. The maximum Gasteiger partial charge on any atom is 0.0618 e. The average molecular weight is 222 g/mol. The van der Waals surface area contributed by atoms with Gasteiger partial charge in [-0.15, -0.1) is 0 Å². The van der Waals surface area contributed by atoms with Gasteiger partial charge in [0.1, 0.15) is 0 Å². The zero-order chi connectivity index (χ0) is 11.8. The first-order valence-corrected chi connectivity index (χ1v) is 5.77. The molecule has 0 bridgehead atoms. The van der Waals surface area contributed by atoms with Crippen molar-refractivity contribution in [1.82, 2.24) is 5.32 Å². The third-order valence-electron chi connectivity index (χ3n) is 3.25. The summed E-state index contributed by atoms with van der Waals surface area (Å²) in [6.07, 6.45) is 3.90. The maximum absolute atomic E-state index is 7.98. The summed E-state index contributed by atoms with van der Waals surface area (Å²) in [5.74, 6) is 0. The van der Waals surface area contributed by atoms with Gasteiger partial charge in [-0.25, -0.2) is 0 Å². The predicted molar refractivity (Wildman–Crippen MR) is 72.6 cm³/mol. The highest BCUT2D eigenvalue weighted by Crippen LogP contribution is 2.30. The van der Waals surface area contributed by atoms with Crippen LogP contribution in [0.25, 0.3) is 16.8 Å². The molecule has 2 nitrogen and oxygen atoms in total. The smallest absolute Gasteiger partial charge is 0.0618 e. The molecule has 2 heteroatoms. The molecule has 1 aliphatic carbocycles. The van der Waals surface area contributed by atoms with Crippen molar-refractivity contribution >= 4 is 22.6 Å². The van der Waals surface area contributed by atoms with Gasteiger partial charge in [0, 0.05) is 12.1 Å². The fourth-order valence-corrected chi connectivity index (χ4v) is 2.47. The highest BCUT2D eigenvalue weighted by Gasteiger charge is 2.13. The van der Waals surface area contributed by atoms with Crippen molar-refractivity contribution in [2.24, 2.45) is 0 Å². The van der Waals surface area contributed by atoms with Gasteiger partial charge in [-0.2, -0.15) is 0 Å². The van der Waals surface area contributed by atoms with Crippen molar-refractivity contribution in [3.63, 3.8) is 0 Å². The minimum atomic E-state index is 0.602. The molecule has 2 aromatic rings. The van der Waals surface area contributed by atoms with Crippen molar-refractivity contribution in [2.45, 2.75) is 6.54 Å². The first-order chi connectivity index (χ1) is 8.31. The van der Waals surface area contributed by atoms with E-state index >= 15 is 0 Å². The molecule has 0 radical (unpaired) electrons. The third kappa shape index (κ3) is 1.49. The Morgan fingerprint density at radius 1 is 1.12 bits per heavy atom. The molecule has 0 aromatic heterocycles. The molecule has 2 N–H and O–H groups in total. The van der Waals surface area contributed by atoms with Crippen molar-refractivity contribution in [3.8, 4) is 0 Å². The highest BCUT2D eigenvalue weighted by molar-refractivity contribution is 6.21. The van der Waals surface area contributed by atoms with Crippen LogP contribution in [0.15, 0.2) is 36.4 Å². The molecule has 0 spiro atoms. The van der Waals surface area contributed by atoms with Crippen LogP contribution < -0.4 is 5.32 Å². The van der Waals surface area contributed by atoms with Gasteiger partial charge in [-0.1, -0.05) is 36.4 Å². The van der Waals surface area contributed by atoms with Crippen LogP contribution in [0.1, 0.15) is 16.7 Å². The summed E-state index contributed by atoms with van der Waals surface area (Å²) >= 11 is 0. The number of hydrogen-bond acceptors (Lipinski definition) is 2. The van der Waals surface area contributed by atoms with Crippen LogP contribution >= 0.6 is 0 Å². The normalized spacial score (nSPS) is 13.4. The lowest BCUT2D eigenvalue weighted by molar-refractivity contribution is 0.823. The quantitative estimate of drug-likeness (QED) is 0.805. The van der Waals surface area contributed by atoms with Crippen LogP contribution in [0.2, 0.25) is 0 Å². The molecule has 17 heavy (non-hydrogen) atoms. The van der Waals surface area contributed by atoms with Crippen molar-refractivity contribution < 1.29 is 0 Å². The van der Waals surface area contributed by atoms with E-state index in [0.717, 1.165) is 12.1 Å². The van der Waals surface area contributed by atoms with Gasteiger partial charge in [-0.3, -0.25) is 0 Å². The Labute approximate surface area is 100 Å². The Morgan fingerprint density at radius 3 is 2.82 bits per heavy atom. The topological polar surface area (TPSA) is 35.9 Å². The van der Waals surface area contributed by atoms with E-state index in [2.05, 4.69) is 23.5 Å². The Bertz CT molecular complexity index is 639. The largest absolute Gasteiger partial charge is 0.316 e. The van der Waals surface area contributed by atoms with Crippen LogP contribution in [0.3, 0.4) is 0 Å². The van der Waals surface area contributed by atoms with Gasteiger partial charge in [0.15, 0.2) is 0 Å². The van der Waals surface area contributed by atoms with Crippen molar-refractivity contribution in [3.05, 3.63) is 53.1 Å². The Balaban J connectivity index is 2.40. The highest BCUT2D eigenvalue weighted by atomic mass is 14.8. The first-order valence-electron chi connectivity index (χ1n) is 5.77. The molecule has 0 saturated heterocycles. The lowest BCUT2D eigenvalue weighted by Crippen LogP contribution is -2.08. The summed E-state index contributed by atoms with van der Waals surface area (Å²) in [4.78, 5) is 0. The molecule has 2 aromatic carbocycles. The molecule has 0 fully saturated rings. The van der Waals surface area contributed by atoms with Crippen LogP contribution in [-0.4, -0.2) is 12.8 Å². The van der Waals surface area contributed by atoms with E-state index in [1.807, 2.05) is 31.3 Å². The molecule has 0 heterocycles.